The van der Waals surface area contributed by atoms with Crippen LogP contribution in [0, 0.1) is 6.92 Å². The molecule has 2 aromatic carbocycles. The number of methoxy groups -OCH3 is 1. The fraction of sp³-hybridized carbons (Fsp3) is 0.118. The molecule has 0 atom stereocenters. The zero-order valence-electron chi connectivity index (χ0n) is 11.7. The molecule has 4 heteroatoms. The Labute approximate surface area is 122 Å². The molecule has 3 rings (SSSR count). The summed E-state index contributed by atoms with van der Waals surface area (Å²) in [5, 5.41) is 9.69. The van der Waals surface area contributed by atoms with Crippen molar-refractivity contribution in [1.82, 2.24) is 0 Å². The van der Waals surface area contributed by atoms with Crippen LogP contribution in [0.5, 0.6) is 17.2 Å². The van der Waals surface area contributed by atoms with Gasteiger partial charge in [0, 0.05) is 5.56 Å². The lowest BCUT2D eigenvalue weighted by Crippen LogP contribution is -1.98. The molecule has 0 bridgehead atoms. The smallest absolute Gasteiger partial charge is 0.231 e. The molecule has 1 aliphatic heterocycles. The molecule has 0 fully saturated rings. The first kappa shape index (κ1) is 13.2. The Morgan fingerprint density at radius 1 is 1.24 bits per heavy atom. The number of ketones is 1. The second-order valence-electron chi connectivity index (χ2n) is 4.80. The standard InChI is InChI=1S/C17H14O4/c1-10-14(18)7-6-13-16(19)15(21-17(10)13)9-11-4-3-5-12(8-11)20-2/h3-9,18H,1-2H3/b15-9+. The van der Waals surface area contributed by atoms with Gasteiger partial charge < -0.3 is 14.6 Å². The van der Waals surface area contributed by atoms with Gasteiger partial charge >= 0.3 is 0 Å². The third-order valence-corrected chi connectivity index (χ3v) is 3.45. The van der Waals surface area contributed by atoms with Gasteiger partial charge in [0.05, 0.1) is 12.7 Å². The lowest BCUT2D eigenvalue weighted by Gasteiger charge is -2.04. The summed E-state index contributed by atoms with van der Waals surface area (Å²) in [5.74, 6) is 1.31. The van der Waals surface area contributed by atoms with Gasteiger partial charge in [-0.25, -0.2) is 0 Å². The highest BCUT2D eigenvalue weighted by Gasteiger charge is 2.29. The van der Waals surface area contributed by atoms with Crippen LogP contribution in [0.4, 0.5) is 0 Å². The number of phenolic OH excluding ortho intramolecular Hbond substituents is 1. The number of allylic oxidation sites excluding steroid dienone is 1. The largest absolute Gasteiger partial charge is 0.508 e. The quantitative estimate of drug-likeness (QED) is 0.858. The van der Waals surface area contributed by atoms with Crippen LogP contribution in [-0.4, -0.2) is 18.0 Å². The van der Waals surface area contributed by atoms with Gasteiger partial charge in [-0.05, 0) is 42.8 Å². The molecular weight excluding hydrogens is 268 g/mol. The highest BCUT2D eigenvalue weighted by Crippen LogP contribution is 2.38. The van der Waals surface area contributed by atoms with Gasteiger partial charge in [-0.2, -0.15) is 0 Å². The minimum atomic E-state index is -0.184. The second kappa shape index (κ2) is 4.98. The average molecular weight is 282 g/mol. The van der Waals surface area contributed by atoms with Crippen LogP contribution < -0.4 is 9.47 Å². The van der Waals surface area contributed by atoms with E-state index >= 15 is 0 Å². The van der Waals surface area contributed by atoms with Crippen molar-refractivity contribution in [2.75, 3.05) is 7.11 Å². The fourth-order valence-corrected chi connectivity index (χ4v) is 2.26. The maximum atomic E-state index is 12.3. The predicted molar refractivity (Wildman–Crippen MR) is 78.8 cm³/mol. The third-order valence-electron chi connectivity index (χ3n) is 3.45. The molecular formula is C17H14O4. The second-order valence-corrected chi connectivity index (χ2v) is 4.80. The van der Waals surface area contributed by atoms with E-state index < -0.39 is 0 Å². The lowest BCUT2D eigenvalue weighted by molar-refractivity contribution is 0.101. The third kappa shape index (κ3) is 2.25. The Morgan fingerprint density at radius 2 is 2.05 bits per heavy atom. The number of fused-ring (bicyclic) bond motifs is 1. The molecule has 0 radical (unpaired) electrons. The van der Waals surface area contributed by atoms with Crippen molar-refractivity contribution < 1.29 is 19.4 Å². The number of hydrogen-bond acceptors (Lipinski definition) is 4. The van der Waals surface area contributed by atoms with Gasteiger partial charge in [-0.3, -0.25) is 4.79 Å². The number of ether oxygens (including phenoxy) is 2. The molecule has 4 nitrogen and oxygen atoms in total. The molecule has 0 amide bonds. The first-order valence-electron chi connectivity index (χ1n) is 6.51. The zero-order chi connectivity index (χ0) is 15.0. The molecule has 1 N–H and O–H groups in total. The molecule has 0 spiro atoms. The van der Waals surface area contributed by atoms with Crippen molar-refractivity contribution in [3.8, 4) is 17.2 Å². The highest BCUT2D eigenvalue weighted by atomic mass is 16.5. The fourth-order valence-electron chi connectivity index (χ4n) is 2.26. The van der Waals surface area contributed by atoms with E-state index in [4.69, 9.17) is 9.47 Å². The molecule has 0 unspecified atom stereocenters. The van der Waals surface area contributed by atoms with Crippen LogP contribution in [-0.2, 0) is 0 Å². The molecule has 0 aliphatic carbocycles. The molecule has 1 heterocycles. The number of carbonyl (C=O) groups is 1. The van der Waals surface area contributed by atoms with Crippen LogP contribution in [0.25, 0.3) is 6.08 Å². The number of rotatable bonds is 2. The van der Waals surface area contributed by atoms with Crippen LogP contribution in [0.2, 0.25) is 0 Å². The molecule has 21 heavy (non-hydrogen) atoms. The summed E-state index contributed by atoms with van der Waals surface area (Å²) in [5.41, 5.74) is 1.85. The van der Waals surface area contributed by atoms with Crippen molar-refractivity contribution in [2.24, 2.45) is 0 Å². The van der Waals surface area contributed by atoms with Crippen molar-refractivity contribution in [2.45, 2.75) is 6.92 Å². The number of Topliss-reactive ketones (excluding diaryl/α,β-unsaturated/α-hetero) is 1. The van der Waals surface area contributed by atoms with E-state index in [0.29, 0.717) is 22.6 Å². The van der Waals surface area contributed by atoms with Crippen LogP contribution in [0.15, 0.2) is 42.2 Å². The molecule has 106 valence electrons. The van der Waals surface area contributed by atoms with E-state index in [1.54, 1.807) is 26.2 Å². The molecule has 0 saturated heterocycles. The van der Waals surface area contributed by atoms with Gasteiger partial charge in [0.25, 0.3) is 0 Å². The minimum Gasteiger partial charge on any atom is -0.508 e. The maximum absolute atomic E-state index is 12.3. The zero-order valence-corrected chi connectivity index (χ0v) is 11.7. The van der Waals surface area contributed by atoms with Crippen molar-refractivity contribution in [1.29, 1.82) is 0 Å². The molecule has 2 aromatic rings. The maximum Gasteiger partial charge on any atom is 0.231 e. The van der Waals surface area contributed by atoms with E-state index in [2.05, 4.69) is 0 Å². The topological polar surface area (TPSA) is 55.8 Å². The predicted octanol–water partition coefficient (Wildman–Crippen LogP) is 3.33. The van der Waals surface area contributed by atoms with Crippen molar-refractivity contribution >= 4 is 11.9 Å². The van der Waals surface area contributed by atoms with E-state index in [1.807, 2.05) is 24.3 Å². The summed E-state index contributed by atoms with van der Waals surface area (Å²) < 4.78 is 10.8. The Hall–Kier alpha value is -2.75. The first-order valence-corrected chi connectivity index (χ1v) is 6.51. The van der Waals surface area contributed by atoms with Gasteiger partial charge in [0.2, 0.25) is 5.78 Å². The summed E-state index contributed by atoms with van der Waals surface area (Å²) in [6.07, 6.45) is 1.67. The van der Waals surface area contributed by atoms with Gasteiger partial charge in [0.1, 0.15) is 17.2 Å². The summed E-state index contributed by atoms with van der Waals surface area (Å²) in [6, 6.07) is 10.4. The van der Waals surface area contributed by atoms with E-state index in [9.17, 15) is 9.90 Å². The minimum absolute atomic E-state index is 0.115. The normalized spacial score (nSPS) is 15.0. The van der Waals surface area contributed by atoms with Crippen LogP contribution in [0.3, 0.4) is 0 Å². The summed E-state index contributed by atoms with van der Waals surface area (Å²) in [7, 11) is 1.59. The molecule has 0 saturated carbocycles. The number of carbonyl (C=O) groups excluding carboxylic acids is 1. The number of phenols is 1. The monoisotopic (exact) mass is 282 g/mol. The Kier molecular flexibility index (Phi) is 3.14. The van der Waals surface area contributed by atoms with Crippen LogP contribution in [0.1, 0.15) is 21.5 Å². The average Bonchev–Trinajstić information content (AvgIpc) is 2.81. The van der Waals surface area contributed by atoms with Gasteiger partial charge in [-0.1, -0.05) is 12.1 Å². The Morgan fingerprint density at radius 3 is 2.81 bits per heavy atom. The summed E-state index contributed by atoms with van der Waals surface area (Å²) in [6.45, 7) is 1.72. The Balaban J connectivity index is 2.01. The van der Waals surface area contributed by atoms with Gasteiger partial charge in [-0.15, -0.1) is 0 Å². The van der Waals surface area contributed by atoms with Crippen LogP contribution >= 0.6 is 0 Å². The van der Waals surface area contributed by atoms with Crippen molar-refractivity contribution in [3.63, 3.8) is 0 Å². The van der Waals surface area contributed by atoms with E-state index in [1.165, 1.54) is 6.07 Å². The van der Waals surface area contributed by atoms with Crippen molar-refractivity contribution in [3.05, 3.63) is 58.8 Å². The molecule has 0 aromatic heterocycles. The number of benzene rings is 2. The highest BCUT2D eigenvalue weighted by molar-refractivity contribution is 6.14. The first-order chi connectivity index (χ1) is 10.1. The summed E-state index contributed by atoms with van der Waals surface area (Å²) >= 11 is 0. The molecule has 1 aliphatic rings. The lowest BCUT2D eigenvalue weighted by atomic mass is 10.1. The number of aromatic hydroxyl groups is 1. The SMILES string of the molecule is COc1cccc(/C=C2/Oc3c(ccc(O)c3C)C2=O)c1. The van der Waals surface area contributed by atoms with Gasteiger partial charge in [0.15, 0.2) is 5.76 Å². The summed E-state index contributed by atoms with van der Waals surface area (Å²) in [4.78, 5) is 12.3. The van der Waals surface area contributed by atoms with E-state index in [-0.39, 0.29) is 17.3 Å². The Bertz CT molecular complexity index is 759. The van der Waals surface area contributed by atoms with E-state index in [0.717, 1.165) is 5.56 Å². The number of hydrogen-bond donors (Lipinski definition) is 1.